The minimum atomic E-state index is -1.21. The number of hydrogen-bond donors (Lipinski definition) is 0. The van der Waals surface area contributed by atoms with Gasteiger partial charge in [0.15, 0.2) is 12.0 Å². The normalized spacial score (nSPS) is 36.9. The molecule has 3 heteroatoms. The first-order valence-corrected chi connectivity index (χ1v) is 3.95. The minimum absolute atomic E-state index is 0.221. The van der Waals surface area contributed by atoms with Crippen molar-refractivity contribution in [3.8, 4) is 0 Å². The molecule has 0 amide bonds. The summed E-state index contributed by atoms with van der Waals surface area (Å²) in [5.41, 5.74) is 0. The molecule has 1 aliphatic rings. The summed E-state index contributed by atoms with van der Waals surface area (Å²) in [6.45, 7) is 0. The van der Waals surface area contributed by atoms with Crippen LogP contribution in [0.2, 0.25) is 0 Å². The number of halogens is 2. The van der Waals surface area contributed by atoms with Crippen molar-refractivity contribution >= 4 is 21.7 Å². The van der Waals surface area contributed by atoms with Gasteiger partial charge in [-0.15, -0.1) is 0 Å². The van der Waals surface area contributed by atoms with Crippen LogP contribution in [0.3, 0.4) is 0 Å². The van der Waals surface area contributed by atoms with Gasteiger partial charge in [-0.1, -0.05) is 15.9 Å². The van der Waals surface area contributed by atoms with Gasteiger partial charge in [0.1, 0.15) is 0 Å². The zero-order valence-corrected chi connectivity index (χ0v) is 6.53. The molecule has 1 saturated carbocycles. The highest BCUT2D eigenvalue weighted by atomic mass is 79.9. The summed E-state index contributed by atoms with van der Waals surface area (Å²) in [5.74, 6) is -0.277. The zero-order chi connectivity index (χ0) is 6.85. The van der Waals surface area contributed by atoms with Crippen LogP contribution in [0, 0.1) is 0 Å². The van der Waals surface area contributed by atoms with Crippen molar-refractivity contribution in [2.45, 2.75) is 30.3 Å². The van der Waals surface area contributed by atoms with Gasteiger partial charge < -0.3 is 0 Å². The van der Waals surface area contributed by atoms with Crippen LogP contribution < -0.4 is 0 Å². The lowest BCUT2D eigenvalue weighted by Gasteiger charge is -2.17. The van der Waals surface area contributed by atoms with Crippen molar-refractivity contribution in [1.29, 1.82) is 0 Å². The Morgan fingerprint density at radius 1 is 1.56 bits per heavy atom. The summed E-state index contributed by atoms with van der Waals surface area (Å²) in [4.78, 5) is 10.5. The maximum absolute atomic E-state index is 12.4. The number of ketones is 1. The van der Waals surface area contributed by atoms with E-state index in [9.17, 15) is 9.18 Å². The van der Waals surface area contributed by atoms with E-state index in [0.29, 0.717) is 6.42 Å². The molecule has 0 N–H and O–H groups in total. The molecular formula is C6H8BrFO. The van der Waals surface area contributed by atoms with E-state index in [1.165, 1.54) is 0 Å². The van der Waals surface area contributed by atoms with E-state index in [-0.39, 0.29) is 10.6 Å². The average Bonchev–Trinajstić information content (AvgIpc) is 1.83. The van der Waals surface area contributed by atoms with Gasteiger partial charge in [0.2, 0.25) is 0 Å². The second-order valence-corrected chi connectivity index (χ2v) is 3.37. The van der Waals surface area contributed by atoms with Gasteiger partial charge in [-0.05, 0) is 19.3 Å². The first-order chi connectivity index (χ1) is 4.22. The summed E-state index contributed by atoms with van der Waals surface area (Å²) in [5, 5.41) is 0. The molecule has 0 aromatic carbocycles. The molecule has 0 saturated heterocycles. The molecule has 2 atom stereocenters. The Hall–Kier alpha value is 0.0800. The number of carbonyl (C=O) groups excluding carboxylic acids is 1. The van der Waals surface area contributed by atoms with Crippen molar-refractivity contribution in [1.82, 2.24) is 0 Å². The Morgan fingerprint density at radius 3 is 2.67 bits per heavy atom. The van der Waals surface area contributed by atoms with Gasteiger partial charge in [-0.2, -0.15) is 0 Å². The van der Waals surface area contributed by atoms with Crippen LogP contribution in [0.5, 0.6) is 0 Å². The third-order valence-electron chi connectivity index (χ3n) is 1.53. The zero-order valence-electron chi connectivity index (χ0n) is 4.94. The van der Waals surface area contributed by atoms with E-state index in [2.05, 4.69) is 15.9 Å². The van der Waals surface area contributed by atoms with E-state index >= 15 is 0 Å². The van der Waals surface area contributed by atoms with E-state index in [4.69, 9.17) is 0 Å². The second-order valence-electron chi connectivity index (χ2n) is 2.27. The van der Waals surface area contributed by atoms with Gasteiger partial charge in [0.25, 0.3) is 0 Å². The largest absolute Gasteiger partial charge is 0.295 e. The van der Waals surface area contributed by atoms with Crippen LogP contribution in [0.4, 0.5) is 4.39 Å². The Bertz CT molecular complexity index is 114. The first kappa shape index (κ1) is 7.19. The Kier molecular flexibility index (Phi) is 2.22. The third-order valence-corrected chi connectivity index (χ3v) is 2.44. The molecule has 0 heterocycles. The molecule has 1 fully saturated rings. The monoisotopic (exact) mass is 194 g/mol. The Morgan fingerprint density at radius 2 is 2.22 bits per heavy atom. The minimum Gasteiger partial charge on any atom is -0.295 e. The Labute approximate surface area is 61.8 Å². The van der Waals surface area contributed by atoms with Gasteiger partial charge in [0, 0.05) is 0 Å². The van der Waals surface area contributed by atoms with Crippen LogP contribution in [-0.2, 0) is 4.79 Å². The molecule has 0 aromatic rings. The molecule has 1 aliphatic carbocycles. The summed E-state index contributed by atoms with van der Waals surface area (Å²) in [7, 11) is 0. The predicted octanol–water partition coefficient (Wildman–Crippen LogP) is 1.84. The molecule has 0 aromatic heterocycles. The Balaban J connectivity index is 2.52. The molecule has 52 valence electrons. The van der Waals surface area contributed by atoms with Gasteiger partial charge in [-0.25, -0.2) is 4.39 Å². The molecule has 0 radical (unpaired) electrons. The molecular weight excluding hydrogens is 187 g/mol. The van der Waals surface area contributed by atoms with Gasteiger partial charge >= 0.3 is 0 Å². The lowest BCUT2D eigenvalue weighted by atomic mass is 9.98. The molecule has 1 nitrogen and oxygen atoms in total. The predicted molar refractivity (Wildman–Crippen MR) is 36.5 cm³/mol. The maximum Gasteiger partial charge on any atom is 0.180 e. The van der Waals surface area contributed by atoms with Crippen molar-refractivity contribution < 1.29 is 9.18 Å². The highest BCUT2D eigenvalue weighted by Gasteiger charge is 2.28. The fourth-order valence-electron chi connectivity index (χ4n) is 0.957. The third kappa shape index (κ3) is 1.51. The van der Waals surface area contributed by atoms with Gasteiger partial charge in [-0.3, -0.25) is 4.79 Å². The number of Topliss-reactive ketones (excluding diaryl/α,β-unsaturated/α-hetero) is 1. The number of alkyl halides is 2. The van der Waals surface area contributed by atoms with Crippen LogP contribution in [0.15, 0.2) is 0 Å². The van der Waals surface area contributed by atoms with Crippen molar-refractivity contribution in [2.24, 2.45) is 0 Å². The lowest BCUT2D eigenvalue weighted by molar-refractivity contribution is -0.124. The SMILES string of the molecule is O=C1[C@H](F)CCC[C@H]1Br. The summed E-state index contributed by atoms with van der Waals surface area (Å²) in [6.07, 6.45) is 0.825. The van der Waals surface area contributed by atoms with E-state index in [1.54, 1.807) is 0 Å². The number of hydrogen-bond acceptors (Lipinski definition) is 1. The van der Waals surface area contributed by atoms with E-state index in [0.717, 1.165) is 12.8 Å². The van der Waals surface area contributed by atoms with Crippen molar-refractivity contribution in [3.63, 3.8) is 0 Å². The first-order valence-electron chi connectivity index (χ1n) is 3.03. The van der Waals surface area contributed by atoms with E-state index < -0.39 is 6.17 Å². The molecule has 0 spiro atoms. The average molecular weight is 195 g/mol. The summed E-state index contributed by atoms with van der Waals surface area (Å²) >= 11 is 3.10. The second kappa shape index (κ2) is 2.78. The van der Waals surface area contributed by atoms with Crippen LogP contribution in [-0.4, -0.2) is 16.8 Å². The molecule has 9 heavy (non-hydrogen) atoms. The lowest BCUT2D eigenvalue weighted by Crippen LogP contribution is -2.29. The quantitative estimate of drug-likeness (QED) is 0.539. The number of carbonyl (C=O) groups is 1. The molecule has 1 rings (SSSR count). The van der Waals surface area contributed by atoms with Gasteiger partial charge in [0.05, 0.1) is 4.83 Å². The van der Waals surface area contributed by atoms with Crippen molar-refractivity contribution in [3.05, 3.63) is 0 Å². The molecule has 0 aliphatic heterocycles. The molecule has 0 unspecified atom stereocenters. The topological polar surface area (TPSA) is 17.1 Å². The molecule has 0 bridgehead atoms. The smallest absolute Gasteiger partial charge is 0.180 e. The fraction of sp³-hybridized carbons (Fsp3) is 0.833. The summed E-state index contributed by atoms with van der Waals surface area (Å²) < 4.78 is 12.4. The highest BCUT2D eigenvalue weighted by molar-refractivity contribution is 9.10. The highest BCUT2D eigenvalue weighted by Crippen LogP contribution is 2.22. The summed E-state index contributed by atoms with van der Waals surface area (Å²) in [6, 6.07) is 0. The maximum atomic E-state index is 12.4. The van der Waals surface area contributed by atoms with Crippen LogP contribution in [0.1, 0.15) is 19.3 Å². The standard InChI is InChI=1S/C6H8BrFO/c7-4-2-1-3-5(8)6(4)9/h4-5H,1-3H2/t4-,5-/m1/s1. The van der Waals surface area contributed by atoms with Crippen LogP contribution >= 0.6 is 15.9 Å². The van der Waals surface area contributed by atoms with E-state index in [1.807, 2.05) is 0 Å². The van der Waals surface area contributed by atoms with Crippen LogP contribution in [0.25, 0.3) is 0 Å². The fourth-order valence-corrected chi connectivity index (χ4v) is 1.57. The number of rotatable bonds is 0. The van der Waals surface area contributed by atoms with Crippen molar-refractivity contribution in [2.75, 3.05) is 0 Å².